The summed E-state index contributed by atoms with van der Waals surface area (Å²) < 4.78 is 8.61. The molecule has 0 fully saturated rings. The highest BCUT2D eigenvalue weighted by molar-refractivity contribution is 5.72. The molecular formula is C5H10O6. The largest absolute Gasteiger partial charge is 0.459 e. The van der Waals surface area contributed by atoms with Crippen molar-refractivity contribution in [3.8, 4) is 0 Å². The number of carbonyl (C=O) groups excluding carboxylic acids is 1. The summed E-state index contributed by atoms with van der Waals surface area (Å²) in [5, 5.41) is 24.4. The van der Waals surface area contributed by atoms with Gasteiger partial charge >= 0.3 is 5.97 Å². The first-order valence-electron chi connectivity index (χ1n) is 2.90. The van der Waals surface area contributed by atoms with Gasteiger partial charge in [-0.2, -0.15) is 0 Å². The zero-order chi connectivity index (χ0) is 8.69. The van der Waals surface area contributed by atoms with Gasteiger partial charge in [-0.15, -0.1) is 0 Å². The average molecular weight is 166 g/mol. The van der Waals surface area contributed by atoms with Crippen LogP contribution in [0.5, 0.6) is 0 Å². The molecule has 66 valence electrons. The molecule has 0 heterocycles. The Hall–Kier alpha value is -0.690. The monoisotopic (exact) mass is 166 g/mol. The first-order chi connectivity index (χ1) is 5.18. The number of hydrogen-bond acceptors (Lipinski definition) is 6. The Morgan fingerprint density at radius 3 is 2.45 bits per heavy atom. The van der Waals surface area contributed by atoms with Crippen molar-refractivity contribution in [3.63, 3.8) is 0 Å². The Balaban J connectivity index is 3.18. The third-order valence-electron chi connectivity index (χ3n) is 0.774. The van der Waals surface area contributed by atoms with Gasteiger partial charge in [-0.05, 0) is 0 Å². The molecule has 0 aliphatic carbocycles. The molecule has 3 N–H and O–H groups in total. The topological polar surface area (TPSA) is 96.2 Å². The van der Waals surface area contributed by atoms with Gasteiger partial charge in [0.2, 0.25) is 0 Å². The van der Waals surface area contributed by atoms with Gasteiger partial charge < -0.3 is 24.8 Å². The summed E-state index contributed by atoms with van der Waals surface area (Å²) in [5.41, 5.74) is 0. The lowest BCUT2D eigenvalue weighted by Gasteiger charge is -2.04. The van der Waals surface area contributed by atoms with Gasteiger partial charge in [-0.25, -0.2) is 4.79 Å². The molecule has 0 saturated heterocycles. The van der Waals surface area contributed by atoms with Gasteiger partial charge in [0.25, 0.3) is 6.29 Å². The molecule has 0 bridgehead atoms. The Morgan fingerprint density at radius 2 is 2.00 bits per heavy atom. The summed E-state index contributed by atoms with van der Waals surface area (Å²) in [6.45, 7) is -0.550. The lowest BCUT2D eigenvalue weighted by Crippen LogP contribution is -2.23. The highest BCUT2D eigenvalue weighted by atomic mass is 16.6. The Kier molecular flexibility index (Phi) is 5.67. The third kappa shape index (κ3) is 5.74. The second-order valence-corrected chi connectivity index (χ2v) is 1.58. The second kappa shape index (κ2) is 6.05. The van der Waals surface area contributed by atoms with Gasteiger partial charge in [0.15, 0.2) is 0 Å². The van der Waals surface area contributed by atoms with Crippen LogP contribution in [0.2, 0.25) is 0 Å². The number of rotatable bonds is 5. The van der Waals surface area contributed by atoms with E-state index in [9.17, 15) is 4.79 Å². The van der Waals surface area contributed by atoms with Crippen LogP contribution in [0.25, 0.3) is 0 Å². The molecule has 0 aromatic rings. The Morgan fingerprint density at radius 1 is 1.36 bits per heavy atom. The van der Waals surface area contributed by atoms with Crippen molar-refractivity contribution in [2.45, 2.75) is 6.29 Å². The molecule has 0 aliphatic heterocycles. The molecule has 0 spiro atoms. The molecule has 0 aromatic carbocycles. The summed E-state index contributed by atoms with van der Waals surface area (Å²) in [5.74, 6) is -1.13. The number of hydrogen-bond donors (Lipinski definition) is 3. The summed E-state index contributed by atoms with van der Waals surface area (Å²) in [6.07, 6.45) is -2.11. The quantitative estimate of drug-likeness (QED) is 0.244. The van der Waals surface area contributed by atoms with Crippen molar-refractivity contribution >= 4 is 5.97 Å². The maximum absolute atomic E-state index is 10.3. The van der Waals surface area contributed by atoms with E-state index in [0.717, 1.165) is 0 Å². The van der Waals surface area contributed by atoms with Gasteiger partial charge in [0.05, 0.1) is 6.61 Å². The van der Waals surface area contributed by atoms with E-state index >= 15 is 0 Å². The highest BCUT2D eigenvalue weighted by Crippen LogP contribution is 1.83. The van der Waals surface area contributed by atoms with E-state index in [4.69, 9.17) is 15.3 Å². The van der Waals surface area contributed by atoms with Crippen LogP contribution < -0.4 is 0 Å². The minimum atomic E-state index is -2.11. The van der Waals surface area contributed by atoms with Crippen molar-refractivity contribution in [1.82, 2.24) is 0 Å². The lowest BCUT2D eigenvalue weighted by atomic mass is 10.6. The second-order valence-electron chi connectivity index (χ2n) is 1.58. The zero-order valence-electron chi connectivity index (χ0n) is 5.77. The number of esters is 1. The van der Waals surface area contributed by atoms with Crippen LogP contribution in [0.15, 0.2) is 0 Å². The molecule has 0 amide bonds. The highest BCUT2D eigenvalue weighted by Gasteiger charge is 2.10. The summed E-state index contributed by atoms with van der Waals surface area (Å²) >= 11 is 0. The van der Waals surface area contributed by atoms with Crippen LogP contribution in [0.1, 0.15) is 0 Å². The molecule has 11 heavy (non-hydrogen) atoms. The molecule has 0 atom stereocenters. The third-order valence-corrected chi connectivity index (χ3v) is 0.774. The van der Waals surface area contributed by atoms with Crippen molar-refractivity contribution in [2.24, 2.45) is 0 Å². The predicted octanol–water partition coefficient (Wildman–Crippen LogP) is -2.19. The van der Waals surface area contributed by atoms with Crippen LogP contribution in [0.3, 0.4) is 0 Å². The molecule has 6 heteroatoms. The minimum Gasteiger partial charge on any atom is -0.459 e. The maximum atomic E-state index is 10.3. The van der Waals surface area contributed by atoms with Crippen molar-refractivity contribution in [1.29, 1.82) is 0 Å². The summed E-state index contributed by atoms with van der Waals surface area (Å²) in [7, 11) is 0. The van der Waals surface area contributed by atoms with Crippen LogP contribution in [-0.4, -0.2) is 47.6 Å². The van der Waals surface area contributed by atoms with Crippen LogP contribution in [-0.2, 0) is 14.3 Å². The van der Waals surface area contributed by atoms with E-state index in [2.05, 4.69) is 9.47 Å². The number of aliphatic hydroxyl groups excluding tert-OH is 2. The van der Waals surface area contributed by atoms with Gasteiger partial charge in [0.1, 0.15) is 13.4 Å². The van der Waals surface area contributed by atoms with E-state index in [-0.39, 0.29) is 13.2 Å². The standard InChI is InChI=1S/C5H10O6/c6-3-10-1-2-11-5(9)4(7)8/h4,6-8H,1-3H2. The molecule has 0 unspecified atom stereocenters. The lowest BCUT2D eigenvalue weighted by molar-refractivity contribution is -0.175. The van der Waals surface area contributed by atoms with Crippen LogP contribution in [0.4, 0.5) is 0 Å². The fourth-order valence-electron chi connectivity index (χ4n) is 0.340. The van der Waals surface area contributed by atoms with E-state index in [1.54, 1.807) is 0 Å². The SMILES string of the molecule is O=C(OCCOCO)C(O)O. The maximum Gasteiger partial charge on any atom is 0.363 e. The van der Waals surface area contributed by atoms with Crippen molar-refractivity contribution in [2.75, 3.05) is 20.0 Å². The van der Waals surface area contributed by atoms with Crippen molar-refractivity contribution < 1.29 is 29.6 Å². The normalized spacial score (nSPS) is 10.2. The van der Waals surface area contributed by atoms with Crippen molar-refractivity contribution in [3.05, 3.63) is 0 Å². The molecule has 6 nitrogen and oxygen atoms in total. The average Bonchev–Trinajstić information content (AvgIpc) is 1.97. The van der Waals surface area contributed by atoms with E-state index in [1.165, 1.54) is 0 Å². The molecule has 0 rings (SSSR count). The first-order valence-corrected chi connectivity index (χ1v) is 2.90. The van der Waals surface area contributed by atoms with Crippen LogP contribution >= 0.6 is 0 Å². The van der Waals surface area contributed by atoms with E-state index in [0.29, 0.717) is 0 Å². The number of carbonyl (C=O) groups is 1. The number of aliphatic hydroxyl groups is 3. The smallest absolute Gasteiger partial charge is 0.363 e. The van der Waals surface area contributed by atoms with E-state index < -0.39 is 19.1 Å². The fraction of sp³-hybridized carbons (Fsp3) is 0.800. The fourth-order valence-corrected chi connectivity index (χ4v) is 0.340. The van der Waals surface area contributed by atoms with Gasteiger partial charge in [0, 0.05) is 0 Å². The minimum absolute atomic E-state index is 0.0228. The zero-order valence-corrected chi connectivity index (χ0v) is 5.77. The summed E-state index contributed by atoms with van der Waals surface area (Å²) in [6, 6.07) is 0. The number of ether oxygens (including phenoxy) is 2. The molecule has 0 aromatic heterocycles. The molecule has 0 aliphatic rings. The van der Waals surface area contributed by atoms with Crippen LogP contribution in [0, 0.1) is 0 Å². The van der Waals surface area contributed by atoms with E-state index in [1.807, 2.05) is 0 Å². The van der Waals surface area contributed by atoms with Gasteiger partial charge in [-0.3, -0.25) is 0 Å². The van der Waals surface area contributed by atoms with Gasteiger partial charge in [-0.1, -0.05) is 0 Å². The summed E-state index contributed by atoms with van der Waals surface area (Å²) in [4.78, 5) is 10.3. The molecular weight excluding hydrogens is 156 g/mol. The Bertz CT molecular complexity index is 112. The molecule has 0 radical (unpaired) electrons. The molecule has 0 saturated carbocycles. The first kappa shape index (κ1) is 10.3. The Labute approximate surface area is 63.0 Å². The predicted molar refractivity (Wildman–Crippen MR) is 32.2 cm³/mol.